The number of halogens is 3. The van der Waals surface area contributed by atoms with E-state index >= 15 is 0 Å². The van der Waals surface area contributed by atoms with Gasteiger partial charge in [-0.1, -0.05) is 23.2 Å². The number of nitrogens with one attached hydrogen (secondary N) is 2. The molecule has 0 unspecified atom stereocenters. The Bertz CT molecular complexity index is 1180. The fraction of sp³-hybridized carbons (Fsp3) is 0. The van der Waals surface area contributed by atoms with E-state index in [4.69, 9.17) is 28.2 Å². The summed E-state index contributed by atoms with van der Waals surface area (Å²) in [6.45, 7) is 0. The van der Waals surface area contributed by atoms with E-state index in [1.807, 2.05) is 12.1 Å². The highest BCUT2D eigenvalue weighted by molar-refractivity contribution is 6.38. The van der Waals surface area contributed by atoms with Gasteiger partial charge in [-0.15, -0.1) is 0 Å². The van der Waals surface area contributed by atoms with Gasteiger partial charge in [0.25, 0.3) is 0 Å². The van der Waals surface area contributed by atoms with Crippen LogP contribution in [0.3, 0.4) is 0 Å². The molecule has 4 heterocycles. The van der Waals surface area contributed by atoms with E-state index in [1.165, 1.54) is 24.5 Å². The van der Waals surface area contributed by atoms with Crippen LogP contribution in [0.15, 0.2) is 48.9 Å². The molecule has 3 aromatic heterocycles. The molecule has 0 saturated heterocycles. The summed E-state index contributed by atoms with van der Waals surface area (Å²) in [5.41, 5.74) is 4.11. The van der Waals surface area contributed by atoms with Gasteiger partial charge in [0.05, 0.1) is 27.0 Å². The highest BCUT2D eigenvalue weighted by atomic mass is 35.5. The predicted octanol–water partition coefficient (Wildman–Crippen LogP) is 5.70. The number of aromatic nitrogens is 4. The third-order valence-electron chi connectivity index (χ3n) is 4.36. The number of anilines is 2. The van der Waals surface area contributed by atoms with E-state index in [9.17, 15) is 4.39 Å². The average molecular weight is 398 g/mol. The SMILES string of the molecule is Fc1ccc2c(c1)Nc1ncccc1-c1nc(-c3c(Cl)cncc3Cl)[nH]c1-2. The maximum atomic E-state index is 13.8. The van der Waals surface area contributed by atoms with Gasteiger partial charge >= 0.3 is 0 Å². The highest BCUT2D eigenvalue weighted by Crippen LogP contribution is 2.44. The number of aromatic amines is 1. The van der Waals surface area contributed by atoms with Crippen LogP contribution in [0.4, 0.5) is 15.9 Å². The summed E-state index contributed by atoms with van der Waals surface area (Å²) in [7, 11) is 0. The van der Waals surface area contributed by atoms with Crippen molar-refractivity contribution in [1.82, 2.24) is 19.9 Å². The molecule has 1 aliphatic rings. The normalized spacial score (nSPS) is 11.8. The Hall–Kier alpha value is -2.96. The molecule has 0 saturated carbocycles. The van der Waals surface area contributed by atoms with Gasteiger partial charge in [0.1, 0.15) is 23.2 Å². The van der Waals surface area contributed by atoms with Crippen LogP contribution in [-0.2, 0) is 0 Å². The number of imidazole rings is 1. The lowest BCUT2D eigenvalue weighted by atomic mass is 10.1. The van der Waals surface area contributed by atoms with Gasteiger partial charge in [-0.3, -0.25) is 4.98 Å². The van der Waals surface area contributed by atoms with Crippen LogP contribution in [0.2, 0.25) is 10.0 Å². The third kappa shape index (κ3) is 2.57. The zero-order valence-corrected chi connectivity index (χ0v) is 15.1. The van der Waals surface area contributed by atoms with E-state index in [0.29, 0.717) is 38.6 Å². The van der Waals surface area contributed by atoms with E-state index in [-0.39, 0.29) is 5.82 Å². The number of pyridine rings is 2. The van der Waals surface area contributed by atoms with Gasteiger partial charge in [-0.2, -0.15) is 0 Å². The lowest BCUT2D eigenvalue weighted by molar-refractivity contribution is 0.628. The Morgan fingerprint density at radius 2 is 1.81 bits per heavy atom. The first-order valence-electron chi connectivity index (χ1n) is 8.03. The zero-order chi connectivity index (χ0) is 18.5. The van der Waals surface area contributed by atoms with Gasteiger partial charge < -0.3 is 10.3 Å². The number of hydrogen-bond acceptors (Lipinski definition) is 4. The Morgan fingerprint density at radius 3 is 2.63 bits per heavy atom. The molecule has 0 radical (unpaired) electrons. The van der Waals surface area contributed by atoms with Crippen molar-refractivity contribution in [3.8, 4) is 33.9 Å². The van der Waals surface area contributed by atoms with Crippen LogP contribution in [0, 0.1) is 5.82 Å². The topological polar surface area (TPSA) is 66.5 Å². The number of benzene rings is 1. The van der Waals surface area contributed by atoms with Crippen LogP contribution < -0.4 is 5.32 Å². The van der Waals surface area contributed by atoms with E-state index < -0.39 is 0 Å². The van der Waals surface area contributed by atoms with Crippen molar-refractivity contribution >= 4 is 34.7 Å². The molecule has 0 bridgehead atoms. The second kappa shape index (κ2) is 6.04. The first kappa shape index (κ1) is 16.2. The van der Waals surface area contributed by atoms with Crippen molar-refractivity contribution in [3.63, 3.8) is 0 Å². The lowest BCUT2D eigenvalue weighted by Crippen LogP contribution is -1.96. The second-order valence-corrected chi connectivity index (χ2v) is 6.82. The summed E-state index contributed by atoms with van der Waals surface area (Å²) < 4.78 is 13.8. The van der Waals surface area contributed by atoms with Crippen LogP contribution >= 0.6 is 23.2 Å². The Morgan fingerprint density at radius 1 is 1.00 bits per heavy atom. The summed E-state index contributed by atoms with van der Waals surface area (Å²) in [5.74, 6) is 0.750. The molecule has 5 rings (SSSR count). The molecule has 1 aliphatic heterocycles. The standard InChI is InChI=1S/C19H10Cl2FN5/c20-12-7-23-8-13(21)15(12)19-26-16-10-4-3-9(22)6-14(10)25-18-11(17(16)27-19)2-1-5-24-18/h1-8H,(H,24,25)(H,26,27). The van der Waals surface area contributed by atoms with Crippen LogP contribution in [-0.4, -0.2) is 19.9 Å². The van der Waals surface area contributed by atoms with E-state index in [1.54, 1.807) is 12.3 Å². The maximum absolute atomic E-state index is 13.8. The minimum atomic E-state index is -0.345. The van der Waals surface area contributed by atoms with Gasteiger partial charge in [0.15, 0.2) is 0 Å². The van der Waals surface area contributed by atoms with Crippen molar-refractivity contribution in [2.24, 2.45) is 0 Å². The van der Waals surface area contributed by atoms with Crippen molar-refractivity contribution in [1.29, 1.82) is 0 Å². The van der Waals surface area contributed by atoms with Crippen molar-refractivity contribution in [2.75, 3.05) is 5.32 Å². The summed E-state index contributed by atoms with van der Waals surface area (Å²) >= 11 is 12.6. The molecule has 0 amide bonds. The fourth-order valence-electron chi connectivity index (χ4n) is 3.18. The molecule has 0 atom stereocenters. The lowest BCUT2D eigenvalue weighted by Gasteiger charge is -2.09. The number of hydrogen-bond donors (Lipinski definition) is 2. The molecule has 0 aliphatic carbocycles. The van der Waals surface area contributed by atoms with Crippen LogP contribution in [0.5, 0.6) is 0 Å². The smallest absolute Gasteiger partial charge is 0.141 e. The molecular weight excluding hydrogens is 388 g/mol. The van der Waals surface area contributed by atoms with Crippen LogP contribution in [0.25, 0.3) is 33.9 Å². The average Bonchev–Trinajstić information content (AvgIpc) is 3.02. The van der Waals surface area contributed by atoms with Crippen molar-refractivity contribution in [2.45, 2.75) is 0 Å². The van der Waals surface area contributed by atoms with Crippen molar-refractivity contribution in [3.05, 3.63) is 64.8 Å². The minimum Gasteiger partial charge on any atom is -0.339 e. The second-order valence-electron chi connectivity index (χ2n) is 6.00. The highest BCUT2D eigenvalue weighted by Gasteiger charge is 2.25. The predicted molar refractivity (Wildman–Crippen MR) is 104 cm³/mol. The molecular formula is C19H10Cl2FN5. The number of rotatable bonds is 1. The van der Waals surface area contributed by atoms with Gasteiger partial charge in [0, 0.05) is 29.7 Å². The fourth-order valence-corrected chi connectivity index (χ4v) is 3.72. The molecule has 8 heteroatoms. The first-order chi connectivity index (χ1) is 13.1. The number of H-pyrrole nitrogens is 1. The number of nitrogens with zero attached hydrogens (tertiary/aromatic N) is 3. The molecule has 5 nitrogen and oxygen atoms in total. The summed E-state index contributed by atoms with van der Waals surface area (Å²) in [6.07, 6.45) is 4.69. The largest absolute Gasteiger partial charge is 0.339 e. The quantitative estimate of drug-likeness (QED) is 0.380. The Labute approximate surface area is 163 Å². The molecule has 1 aromatic carbocycles. The molecule has 2 N–H and O–H groups in total. The summed E-state index contributed by atoms with van der Waals surface area (Å²) in [4.78, 5) is 16.4. The molecule has 132 valence electrons. The summed E-state index contributed by atoms with van der Waals surface area (Å²) in [5, 5.41) is 3.95. The Kier molecular flexibility index (Phi) is 3.63. The van der Waals surface area contributed by atoms with Gasteiger partial charge in [-0.25, -0.2) is 14.4 Å². The zero-order valence-electron chi connectivity index (χ0n) is 13.6. The van der Waals surface area contributed by atoms with E-state index in [2.05, 4.69) is 20.3 Å². The third-order valence-corrected chi connectivity index (χ3v) is 4.93. The van der Waals surface area contributed by atoms with E-state index in [0.717, 1.165) is 16.8 Å². The van der Waals surface area contributed by atoms with Gasteiger partial charge in [-0.05, 0) is 30.3 Å². The molecule has 0 spiro atoms. The summed E-state index contributed by atoms with van der Waals surface area (Å²) in [6, 6.07) is 8.24. The molecule has 27 heavy (non-hydrogen) atoms. The maximum Gasteiger partial charge on any atom is 0.141 e. The van der Waals surface area contributed by atoms with Crippen LogP contribution in [0.1, 0.15) is 0 Å². The number of fused-ring (bicyclic) bond motifs is 5. The molecule has 4 aromatic rings. The monoisotopic (exact) mass is 397 g/mol. The molecule has 0 fully saturated rings. The minimum absolute atomic E-state index is 0.345. The Balaban J connectivity index is 1.83. The van der Waals surface area contributed by atoms with Gasteiger partial charge in [0.2, 0.25) is 0 Å². The van der Waals surface area contributed by atoms with Crippen molar-refractivity contribution < 1.29 is 4.39 Å². The first-order valence-corrected chi connectivity index (χ1v) is 8.79.